The Morgan fingerprint density at radius 2 is 0.700 bits per heavy atom. The molecule has 0 spiro atoms. The van der Waals surface area contributed by atoms with Crippen LogP contribution in [0.3, 0.4) is 0 Å². The van der Waals surface area contributed by atoms with Crippen LogP contribution in [0, 0.1) is 71.0 Å². The van der Waals surface area contributed by atoms with Crippen molar-refractivity contribution in [1.82, 2.24) is 0 Å². The Balaban J connectivity index is 1.52. The highest BCUT2D eigenvalue weighted by Gasteiger charge is 2.51. The summed E-state index contributed by atoms with van der Waals surface area (Å²) < 4.78 is 36.9. The molecule has 0 amide bonds. The molecule has 0 aromatic carbocycles. The van der Waals surface area contributed by atoms with E-state index >= 15 is 0 Å². The summed E-state index contributed by atoms with van der Waals surface area (Å²) in [7, 11) is 0. The number of hydrogen-bond donors (Lipinski definition) is 0. The van der Waals surface area contributed by atoms with E-state index in [1.54, 1.807) is 0 Å². The van der Waals surface area contributed by atoms with Gasteiger partial charge in [0.1, 0.15) is 18.3 Å². The van der Waals surface area contributed by atoms with Crippen molar-refractivity contribution >= 4 is 0 Å². The molecular weight excluding hydrogens is 620 g/mol. The summed E-state index contributed by atoms with van der Waals surface area (Å²) in [6.07, 6.45) is 14.2. The van der Waals surface area contributed by atoms with Gasteiger partial charge < -0.3 is 23.7 Å². The van der Waals surface area contributed by atoms with Crippen LogP contribution in [0.2, 0.25) is 0 Å². The van der Waals surface area contributed by atoms with Crippen molar-refractivity contribution in [3.05, 3.63) is 0 Å². The Kier molecular flexibility index (Phi) is 15.1. The van der Waals surface area contributed by atoms with Crippen LogP contribution in [-0.4, -0.2) is 55.6 Å². The highest BCUT2D eigenvalue weighted by Crippen LogP contribution is 2.44. The SMILES string of the molecule is CC1CCC(C(C)C)C(OC2OC[C@@H](OC3CC(C)CCC3C(C)C)[C@H](OC3CC(C)CCC3C(C)C)[C@H]2OC2CC(C)CCC2C(C)C)C1. The van der Waals surface area contributed by atoms with Crippen LogP contribution >= 0.6 is 0 Å². The average Bonchev–Trinajstić information content (AvgIpc) is 3.03. The molecule has 0 radical (unpaired) electrons. The molecule has 1 heterocycles. The fourth-order valence-corrected chi connectivity index (χ4v) is 11.2. The van der Waals surface area contributed by atoms with Crippen LogP contribution < -0.4 is 0 Å². The molecule has 5 nitrogen and oxygen atoms in total. The normalized spacial score (nSPS) is 45.1. The Bertz CT molecular complexity index is 918. The van der Waals surface area contributed by atoms with Crippen LogP contribution in [0.4, 0.5) is 0 Å². The Morgan fingerprint density at radius 3 is 1.06 bits per heavy atom. The van der Waals surface area contributed by atoms with Gasteiger partial charge in [0.05, 0.1) is 31.0 Å². The molecule has 5 fully saturated rings. The predicted molar refractivity (Wildman–Crippen MR) is 206 cm³/mol. The summed E-state index contributed by atoms with van der Waals surface area (Å²) in [5.41, 5.74) is 0. The lowest BCUT2D eigenvalue weighted by molar-refractivity contribution is -0.335. The number of rotatable bonds is 12. The van der Waals surface area contributed by atoms with E-state index in [0.717, 1.165) is 25.7 Å². The quantitative estimate of drug-likeness (QED) is 0.203. The molecule has 4 saturated carbocycles. The first kappa shape index (κ1) is 41.0. The minimum Gasteiger partial charge on any atom is -0.369 e. The predicted octanol–water partition coefficient (Wildman–Crippen LogP) is 11.4. The Morgan fingerprint density at radius 1 is 0.380 bits per heavy atom. The monoisotopic (exact) mass is 703 g/mol. The lowest BCUT2D eigenvalue weighted by Crippen LogP contribution is -2.61. The second-order valence-electron chi connectivity index (χ2n) is 20.2. The van der Waals surface area contributed by atoms with E-state index in [1.807, 2.05) is 0 Å². The minimum atomic E-state index is -0.439. The van der Waals surface area contributed by atoms with E-state index in [0.29, 0.717) is 77.6 Å². The number of hydrogen-bond acceptors (Lipinski definition) is 5. The third-order valence-electron chi connectivity index (χ3n) is 14.6. The van der Waals surface area contributed by atoms with E-state index in [2.05, 4.69) is 83.1 Å². The summed E-state index contributed by atoms with van der Waals surface area (Å²) in [5.74, 6) is 7.23. The van der Waals surface area contributed by atoms with Gasteiger partial charge in [-0.3, -0.25) is 0 Å². The van der Waals surface area contributed by atoms with Gasteiger partial charge >= 0.3 is 0 Å². The first-order valence-corrected chi connectivity index (χ1v) is 21.9. The maximum Gasteiger partial charge on any atom is 0.186 e. The van der Waals surface area contributed by atoms with Crippen LogP contribution in [0.1, 0.15) is 160 Å². The minimum absolute atomic E-state index is 0.161. The second-order valence-corrected chi connectivity index (χ2v) is 20.2. The summed E-state index contributed by atoms with van der Waals surface area (Å²) in [6.45, 7) is 29.3. The van der Waals surface area contributed by atoms with Crippen LogP contribution in [0.15, 0.2) is 0 Å². The summed E-state index contributed by atoms with van der Waals surface area (Å²) in [4.78, 5) is 0. The van der Waals surface area contributed by atoms with E-state index in [4.69, 9.17) is 23.7 Å². The van der Waals surface area contributed by atoms with Crippen LogP contribution in [0.5, 0.6) is 0 Å². The van der Waals surface area contributed by atoms with Gasteiger partial charge in [0, 0.05) is 0 Å². The van der Waals surface area contributed by atoms with E-state index in [-0.39, 0.29) is 42.7 Å². The van der Waals surface area contributed by atoms with E-state index in [1.165, 1.54) is 51.4 Å². The fourth-order valence-electron chi connectivity index (χ4n) is 11.2. The van der Waals surface area contributed by atoms with Crippen molar-refractivity contribution in [2.75, 3.05) is 6.61 Å². The van der Waals surface area contributed by atoms with E-state index in [9.17, 15) is 0 Å². The van der Waals surface area contributed by atoms with Gasteiger partial charge in [-0.25, -0.2) is 0 Å². The molecule has 292 valence electrons. The first-order chi connectivity index (χ1) is 23.7. The molecule has 0 aromatic rings. The fraction of sp³-hybridized carbons (Fsp3) is 1.00. The molecule has 5 aliphatic rings. The van der Waals surface area contributed by atoms with Crippen LogP contribution in [0.25, 0.3) is 0 Å². The van der Waals surface area contributed by atoms with Gasteiger partial charge in [-0.15, -0.1) is 0 Å². The smallest absolute Gasteiger partial charge is 0.186 e. The van der Waals surface area contributed by atoms with Crippen molar-refractivity contribution in [2.45, 2.75) is 209 Å². The summed E-state index contributed by atoms with van der Waals surface area (Å²) in [6, 6.07) is 0. The summed E-state index contributed by atoms with van der Waals surface area (Å²) in [5, 5.41) is 0. The second kappa shape index (κ2) is 18.4. The van der Waals surface area contributed by atoms with Gasteiger partial charge in [-0.2, -0.15) is 0 Å². The zero-order valence-corrected chi connectivity index (χ0v) is 34.8. The molecule has 1 aliphatic heterocycles. The molecule has 50 heavy (non-hydrogen) atoms. The molecule has 0 bridgehead atoms. The molecule has 4 aliphatic carbocycles. The van der Waals surface area contributed by atoms with Crippen molar-refractivity contribution in [3.8, 4) is 0 Å². The topological polar surface area (TPSA) is 46.2 Å². The zero-order valence-electron chi connectivity index (χ0n) is 34.8. The maximum absolute atomic E-state index is 7.63. The molecule has 5 heteroatoms. The molecule has 0 N–H and O–H groups in total. The van der Waals surface area contributed by atoms with Crippen LogP contribution in [-0.2, 0) is 23.7 Å². The van der Waals surface area contributed by atoms with Crippen molar-refractivity contribution < 1.29 is 23.7 Å². The van der Waals surface area contributed by atoms with Gasteiger partial charge in [-0.05, 0) is 122 Å². The lowest BCUT2D eigenvalue weighted by Gasteiger charge is -2.51. The highest BCUT2D eigenvalue weighted by atomic mass is 16.7. The van der Waals surface area contributed by atoms with Gasteiger partial charge in [0.25, 0.3) is 0 Å². The molecule has 16 atom stereocenters. The largest absolute Gasteiger partial charge is 0.369 e. The van der Waals surface area contributed by atoms with Crippen molar-refractivity contribution in [1.29, 1.82) is 0 Å². The van der Waals surface area contributed by atoms with Crippen molar-refractivity contribution in [3.63, 3.8) is 0 Å². The first-order valence-electron chi connectivity index (χ1n) is 21.9. The van der Waals surface area contributed by atoms with Gasteiger partial charge in [0.15, 0.2) is 6.29 Å². The molecule has 0 aromatic heterocycles. The number of ether oxygens (including phenoxy) is 5. The molecular formula is C45H82O5. The summed E-state index contributed by atoms with van der Waals surface area (Å²) >= 11 is 0. The van der Waals surface area contributed by atoms with Gasteiger partial charge in [-0.1, -0.05) is 109 Å². The third kappa shape index (κ3) is 10.3. The van der Waals surface area contributed by atoms with E-state index < -0.39 is 6.29 Å². The highest BCUT2D eigenvalue weighted by molar-refractivity contribution is 4.95. The average molecular weight is 703 g/mol. The van der Waals surface area contributed by atoms with Crippen molar-refractivity contribution in [2.24, 2.45) is 71.0 Å². The Hall–Kier alpha value is -0.200. The molecule has 1 saturated heterocycles. The van der Waals surface area contributed by atoms with Gasteiger partial charge in [0.2, 0.25) is 0 Å². The zero-order chi connectivity index (χ0) is 36.3. The Labute approximate surface area is 309 Å². The molecule has 5 rings (SSSR count). The third-order valence-corrected chi connectivity index (χ3v) is 14.6. The standard InChI is InChI=1S/C45H82O5/c1-26(2)34-17-13-30(9)21-38(34)47-42-25-46-45(50-41-24-33(12)16-20-37(41)29(7)8)44(49-40-23-32(11)15-19-36(40)28(5)6)43(42)48-39-22-31(10)14-18-35(39)27(3)4/h26-45H,13-25H2,1-12H3/t30?,31?,32?,33?,34?,35?,36?,37?,38?,39?,40?,41?,42-,43+,44-,45?/m1/s1. The lowest BCUT2D eigenvalue weighted by atomic mass is 9.74. The molecule has 13 unspecified atom stereocenters. The maximum atomic E-state index is 7.63.